The lowest BCUT2D eigenvalue weighted by atomic mass is 10.0. The van der Waals surface area contributed by atoms with Crippen molar-refractivity contribution in [3.8, 4) is 17.3 Å². The van der Waals surface area contributed by atoms with Crippen LogP contribution in [-0.4, -0.2) is 32.2 Å². The summed E-state index contributed by atoms with van der Waals surface area (Å²) in [6, 6.07) is 19.9. The van der Waals surface area contributed by atoms with Gasteiger partial charge in [-0.3, -0.25) is 10.1 Å². The van der Waals surface area contributed by atoms with Crippen molar-refractivity contribution in [1.29, 1.82) is 5.26 Å². The first-order chi connectivity index (χ1) is 14.7. The van der Waals surface area contributed by atoms with Gasteiger partial charge in [-0.1, -0.05) is 42.1 Å². The van der Waals surface area contributed by atoms with Crippen molar-refractivity contribution in [2.75, 3.05) is 17.6 Å². The first-order valence-electron chi connectivity index (χ1n) is 9.12. The second-order valence-electron chi connectivity index (χ2n) is 6.31. The number of fused-ring (bicyclic) bond motifs is 1. The zero-order chi connectivity index (χ0) is 20.9. The van der Waals surface area contributed by atoms with Crippen LogP contribution < -0.4 is 5.32 Å². The number of hydrogen-bond donors (Lipinski definition) is 2. The standard InChI is InChI=1S/C21H16N6O2S/c22-13-14-5-1-2-6-15(14)16-9-10-19(27(28)29)20(24-16)23-11-12-30-21-25-17-7-3-4-8-18(17)26-21/h1-10H,11-12H2,(H,23,24)(H,25,26). The average Bonchev–Trinajstić information content (AvgIpc) is 3.19. The number of aromatic nitrogens is 3. The number of nitrogens with zero attached hydrogens (tertiary/aromatic N) is 4. The summed E-state index contributed by atoms with van der Waals surface area (Å²) in [4.78, 5) is 23.1. The fourth-order valence-corrected chi connectivity index (χ4v) is 3.74. The van der Waals surface area contributed by atoms with Gasteiger partial charge < -0.3 is 10.3 Å². The molecule has 4 rings (SSSR count). The fraction of sp³-hybridized carbons (Fsp3) is 0.0952. The van der Waals surface area contributed by atoms with Gasteiger partial charge in [0, 0.05) is 23.9 Å². The van der Waals surface area contributed by atoms with Crippen molar-refractivity contribution in [2.45, 2.75) is 5.16 Å². The van der Waals surface area contributed by atoms with Gasteiger partial charge in [0.1, 0.15) is 0 Å². The van der Waals surface area contributed by atoms with Crippen LogP contribution >= 0.6 is 11.8 Å². The molecule has 30 heavy (non-hydrogen) atoms. The number of nitriles is 1. The summed E-state index contributed by atoms with van der Waals surface area (Å²) in [5, 5.41) is 24.5. The Morgan fingerprint density at radius 2 is 1.90 bits per heavy atom. The molecule has 2 aromatic heterocycles. The molecule has 0 aliphatic carbocycles. The summed E-state index contributed by atoms with van der Waals surface area (Å²) in [5.41, 5.74) is 3.36. The number of nitrogens with one attached hydrogen (secondary N) is 2. The number of rotatable bonds is 7. The number of para-hydroxylation sites is 2. The minimum absolute atomic E-state index is 0.109. The minimum Gasteiger partial charge on any atom is -0.363 e. The molecule has 2 aromatic carbocycles. The number of anilines is 1. The highest BCUT2D eigenvalue weighted by molar-refractivity contribution is 7.99. The van der Waals surface area contributed by atoms with E-state index in [1.165, 1.54) is 17.8 Å². The Balaban J connectivity index is 1.49. The van der Waals surface area contributed by atoms with Gasteiger partial charge in [0.25, 0.3) is 0 Å². The fourth-order valence-electron chi connectivity index (χ4n) is 3.00. The van der Waals surface area contributed by atoms with Crippen molar-refractivity contribution in [1.82, 2.24) is 15.0 Å². The number of benzene rings is 2. The highest BCUT2D eigenvalue weighted by atomic mass is 32.2. The second kappa shape index (κ2) is 8.63. The Morgan fingerprint density at radius 1 is 1.10 bits per heavy atom. The molecule has 0 unspecified atom stereocenters. The molecule has 148 valence electrons. The molecule has 0 saturated heterocycles. The van der Waals surface area contributed by atoms with Gasteiger partial charge in [-0.2, -0.15) is 5.26 Å². The predicted octanol–water partition coefficient (Wildman–Crippen LogP) is 4.61. The lowest BCUT2D eigenvalue weighted by Crippen LogP contribution is -2.09. The quantitative estimate of drug-likeness (QED) is 0.195. The highest BCUT2D eigenvalue weighted by Gasteiger charge is 2.17. The molecule has 0 saturated carbocycles. The third-order valence-electron chi connectivity index (χ3n) is 4.40. The summed E-state index contributed by atoms with van der Waals surface area (Å²) >= 11 is 1.52. The van der Waals surface area contributed by atoms with Gasteiger partial charge in [-0.25, -0.2) is 9.97 Å². The number of pyridine rings is 1. The lowest BCUT2D eigenvalue weighted by molar-refractivity contribution is -0.384. The monoisotopic (exact) mass is 416 g/mol. The van der Waals surface area contributed by atoms with Gasteiger partial charge >= 0.3 is 5.69 Å². The van der Waals surface area contributed by atoms with E-state index in [4.69, 9.17) is 0 Å². The van der Waals surface area contributed by atoms with Gasteiger partial charge in [0.2, 0.25) is 5.82 Å². The molecule has 0 aliphatic rings. The van der Waals surface area contributed by atoms with Crippen LogP contribution in [-0.2, 0) is 0 Å². The number of hydrogen-bond acceptors (Lipinski definition) is 7. The summed E-state index contributed by atoms with van der Waals surface area (Å²) in [5.74, 6) is 0.813. The van der Waals surface area contributed by atoms with Gasteiger partial charge in [0.15, 0.2) is 5.16 Å². The summed E-state index contributed by atoms with van der Waals surface area (Å²) in [7, 11) is 0. The molecule has 0 bridgehead atoms. The number of imidazole rings is 1. The Bertz CT molecular complexity index is 1230. The molecule has 2 heterocycles. The van der Waals surface area contributed by atoms with Crippen LogP contribution in [0.25, 0.3) is 22.3 Å². The molecule has 4 aromatic rings. The van der Waals surface area contributed by atoms with Gasteiger partial charge in [-0.05, 0) is 24.3 Å². The van der Waals surface area contributed by atoms with E-state index in [1.807, 2.05) is 24.3 Å². The van der Waals surface area contributed by atoms with Crippen LogP contribution in [0.5, 0.6) is 0 Å². The maximum absolute atomic E-state index is 11.4. The van der Waals surface area contributed by atoms with Crippen LogP contribution in [0.4, 0.5) is 11.5 Å². The Kier molecular flexibility index (Phi) is 5.59. The van der Waals surface area contributed by atoms with Crippen LogP contribution in [0, 0.1) is 21.4 Å². The zero-order valence-electron chi connectivity index (χ0n) is 15.7. The van der Waals surface area contributed by atoms with E-state index < -0.39 is 4.92 Å². The van der Waals surface area contributed by atoms with Crippen LogP contribution in [0.2, 0.25) is 0 Å². The predicted molar refractivity (Wildman–Crippen MR) is 116 cm³/mol. The Hall–Kier alpha value is -3.90. The molecule has 9 heteroatoms. The largest absolute Gasteiger partial charge is 0.363 e. The maximum atomic E-state index is 11.4. The maximum Gasteiger partial charge on any atom is 0.311 e. The smallest absolute Gasteiger partial charge is 0.311 e. The molecule has 8 nitrogen and oxygen atoms in total. The Morgan fingerprint density at radius 3 is 2.70 bits per heavy atom. The van der Waals surface area contributed by atoms with Gasteiger partial charge in [-0.15, -0.1) is 0 Å². The molecule has 0 aliphatic heterocycles. The van der Waals surface area contributed by atoms with E-state index in [1.54, 1.807) is 30.3 Å². The third kappa shape index (κ3) is 4.09. The molecule has 2 N–H and O–H groups in total. The SMILES string of the molecule is N#Cc1ccccc1-c1ccc([N+](=O)[O-])c(NCCSc2nc3ccccc3[nH]2)n1. The number of thioether (sulfide) groups is 1. The van der Waals surface area contributed by atoms with E-state index >= 15 is 0 Å². The second-order valence-corrected chi connectivity index (χ2v) is 7.40. The summed E-state index contributed by atoms with van der Waals surface area (Å²) < 4.78 is 0. The van der Waals surface area contributed by atoms with Crippen LogP contribution in [0.15, 0.2) is 65.8 Å². The van der Waals surface area contributed by atoms with Crippen molar-refractivity contribution < 1.29 is 4.92 Å². The van der Waals surface area contributed by atoms with Crippen molar-refractivity contribution in [3.05, 3.63) is 76.3 Å². The Labute approximate surface area is 176 Å². The first kappa shape index (κ1) is 19.4. The molecule has 0 radical (unpaired) electrons. The average molecular weight is 416 g/mol. The van der Waals surface area contributed by atoms with E-state index in [2.05, 4.69) is 26.3 Å². The highest BCUT2D eigenvalue weighted by Crippen LogP contribution is 2.29. The van der Waals surface area contributed by atoms with E-state index in [0.717, 1.165) is 16.2 Å². The van der Waals surface area contributed by atoms with Crippen LogP contribution in [0.1, 0.15) is 5.56 Å². The van der Waals surface area contributed by atoms with Gasteiger partial charge in [0.05, 0.1) is 33.3 Å². The molecule has 0 spiro atoms. The lowest BCUT2D eigenvalue weighted by Gasteiger charge is -2.09. The van der Waals surface area contributed by atoms with Crippen molar-refractivity contribution in [2.24, 2.45) is 0 Å². The van der Waals surface area contributed by atoms with E-state index in [-0.39, 0.29) is 11.5 Å². The number of H-pyrrole nitrogens is 1. The summed E-state index contributed by atoms with van der Waals surface area (Å²) in [6.07, 6.45) is 0. The zero-order valence-corrected chi connectivity index (χ0v) is 16.5. The normalized spacial score (nSPS) is 10.6. The third-order valence-corrected chi connectivity index (χ3v) is 5.27. The summed E-state index contributed by atoms with van der Waals surface area (Å²) in [6.45, 7) is 0.457. The van der Waals surface area contributed by atoms with Crippen LogP contribution in [0.3, 0.4) is 0 Å². The topological polar surface area (TPSA) is 121 Å². The van der Waals surface area contributed by atoms with E-state index in [0.29, 0.717) is 29.1 Å². The molecular formula is C21H16N6O2S. The number of aromatic amines is 1. The minimum atomic E-state index is -0.471. The van der Waals surface area contributed by atoms with Crippen molar-refractivity contribution >= 4 is 34.3 Å². The molecule has 0 atom stereocenters. The number of nitro groups is 1. The molecular weight excluding hydrogens is 400 g/mol. The first-order valence-corrected chi connectivity index (χ1v) is 10.1. The molecule has 0 amide bonds. The van der Waals surface area contributed by atoms with E-state index in [9.17, 15) is 15.4 Å². The van der Waals surface area contributed by atoms with Crippen molar-refractivity contribution in [3.63, 3.8) is 0 Å². The molecule has 0 fully saturated rings.